The number of ether oxygens (including phenoxy) is 1. The first-order valence-corrected chi connectivity index (χ1v) is 9.09. The van der Waals surface area contributed by atoms with E-state index in [1.807, 2.05) is 31.2 Å². The van der Waals surface area contributed by atoms with Gasteiger partial charge in [-0.1, -0.05) is 60.4 Å². The van der Waals surface area contributed by atoms with E-state index in [0.29, 0.717) is 18.0 Å². The Morgan fingerprint density at radius 2 is 1.64 bits per heavy atom. The molecule has 138 valence electrons. The Hall–Kier alpha value is -3.65. The average Bonchev–Trinajstić information content (AvgIpc) is 3.05. The Labute approximate surface area is 163 Å². The van der Waals surface area contributed by atoms with Crippen molar-refractivity contribution in [2.45, 2.75) is 12.8 Å². The van der Waals surface area contributed by atoms with Crippen LogP contribution in [0.1, 0.15) is 28.4 Å². The number of nitrogens with one attached hydrogen (secondary N) is 1. The molecule has 0 saturated carbocycles. The third kappa shape index (κ3) is 3.72. The van der Waals surface area contributed by atoms with Gasteiger partial charge in [-0.05, 0) is 29.2 Å². The van der Waals surface area contributed by atoms with E-state index < -0.39 is 6.09 Å². The lowest BCUT2D eigenvalue weighted by Gasteiger charge is -2.14. The second kappa shape index (κ2) is 7.93. The minimum Gasteiger partial charge on any atom is -0.449 e. The van der Waals surface area contributed by atoms with Gasteiger partial charge in [-0.3, -0.25) is 0 Å². The minimum absolute atomic E-state index is 0.0499. The maximum atomic E-state index is 12.1. The van der Waals surface area contributed by atoms with Gasteiger partial charge in [-0.2, -0.15) is 0 Å². The quantitative estimate of drug-likeness (QED) is 0.716. The Bertz CT molecular complexity index is 1020. The molecule has 1 amide bonds. The zero-order valence-corrected chi connectivity index (χ0v) is 15.5. The van der Waals surface area contributed by atoms with Gasteiger partial charge < -0.3 is 10.1 Å². The number of carbonyl (C=O) groups excluding carboxylic acids is 1. The lowest BCUT2D eigenvalue weighted by atomic mass is 9.98. The number of aryl methyl sites for hydroxylation is 1. The highest BCUT2D eigenvalue weighted by Crippen LogP contribution is 2.44. The molecule has 0 bridgehead atoms. The van der Waals surface area contributed by atoms with Crippen LogP contribution < -0.4 is 5.32 Å². The van der Waals surface area contributed by atoms with E-state index >= 15 is 0 Å². The van der Waals surface area contributed by atoms with E-state index in [1.54, 1.807) is 12.4 Å². The second-order valence-electron chi connectivity index (χ2n) is 6.50. The van der Waals surface area contributed by atoms with Gasteiger partial charge in [0.25, 0.3) is 0 Å². The highest BCUT2D eigenvalue weighted by Gasteiger charge is 2.28. The first-order chi connectivity index (χ1) is 13.7. The van der Waals surface area contributed by atoms with Gasteiger partial charge in [0.05, 0.1) is 12.1 Å². The molecule has 0 radical (unpaired) electrons. The predicted octanol–water partition coefficient (Wildman–Crippen LogP) is 3.68. The van der Waals surface area contributed by atoms with Crippen LogP contribution in [-0.4, -0.2) is 29.2 Å². The van der Waals surface area contributed by atoms with Gasteiger partial charge in [-0.25, -0.2) is 14.8 Å². The molecule has 0 spiro atoms. The zero-order valence-electron chi connectivity index (χ0n) is 15.5. The highest BCUT2D eigenvalue weighted by atomic mass is 16.5. The van der Waals surface area contributed by atoms with Crippen molar-refractivity contribution in [2.75, 3.05) is 13.2 Å². The molecule has 4 rings (SSSR count). The van der Waals surface area contributed by atoms with Crippen LogP contribution in [-0.2, 0) is 4.74 Å². The van der Waals surface area contributed by atoms with Crippen molar-refractivity contribution in [3.8, 4) is 23.0 Å². The molecule has 3 aromatic rings. The van der Waals surface area contributed by atoms with Crippen LogP contribution in [0.15, 0.2) is 60.9 Å². The first-order valence-electron chi connectivity index (χ1n) is 9.09. The number of rotatable bonds is 3. The van der Waals surface area contributed by atoms with Crippen LogP contribution in [0.4, 0.5) is 4.79 Å². The lowest BCUT2D eigenvalue weighted by Crippen LogP contribution is -2.26. The van der Waals surface area contributed by atoms with E-state index in [2.05, 4.69) is 51.4 Å². The van der Waals surface area contributed by atoms with Gasteiger partial charge >= 0.3 is 6.09 Å². The smallest absolute Gasteiger partial charge is 0.407 e. The Morgan fingerprint density at radius 1 is 1.04 bits per heavy atom. The van der Waals surface area contributed by atoms with Crippen molar-refractivity contribution in [3.63, 3.8) is 0 Å². The number of carbonyl (C=O) groups is 1. The fourth-order valence-electron chi connectivity index (χ4n) is 3.37. The maximum Gasteiger partial charge on any atom is 0.407 e. The lowest BCUT2D eigenvalue weighted by molar-refractivity contribution is 0.144. The number of alkyl carbamates (subject to hydrolysis) is 1. The SMILES string of the molecule is Cc1ncc(C#CCNC(=O)OCC2c3ccccc3-c3ccccc32)cn1. The van der Waals surface area contributed by atoms with Crippen LogP contribution in [0.3, 0.4) is 0 Å². The van der Waals surface area contributed by atoms with E-state index in [9.17, 15) is 4.79 Å². The predicted molar refractivity (Wildman–Crippen MR) is 107 cm³/mol. The third-order valence-corrected chi connectivity index (χ3v) is 4.68. The fourth-order valence-corrected chi connectivity index (χ4v) is 3.37. The molecule has 1 heterocycles. The van der Waals surface area contributed by atoms with E-state index in [0.717, 1.165) is 0 Å². The number of hydrogen-bond donors (Lipinski definition) is 1. The number of amides is 1. The summed E-state index contributed by atoms with van der Waals surface area (Å²) in [6, 6.07) is 16.5. The third-order valence-electron chi connectivity index (χ3n) is 4.68. The second-order valence-corrected chi connectivity index (χ2v) is 6.50. The summed E-state index contributed by atoms with van der Waals surface area (Å²) in [7, 11) is 0. The van der Waals surface area contributed by atoms with Gasteiger partial charge in [-0.15, -0.1) is 0 Å². The Morgan fingerprint density at radius 3 is 2.29 bits per heavy atom. The number of aromatic nitrogens is 2. The molecular formula is C23H19N3O2. The van der Waals surface area contributed by atoms with Gasteiger partial charge in [0.1, 0.15) is 12.4 Å². The van der Waals surface area contributed by atoms with Crippen molar-refractivity contribution >= 4 is 6.09 Å². The summed E-state index contributed by atoms with van der Waals surface area (Å²) in [4.78, 5) is 20.2. The topological polar surface area (TPSA) is 64.1 Å². The molecule has 2 aromatic carbocycles. The number of hydrogen-bond acceptors (Lipinski definition) is 4. The van der Waals surface area contributed by atoms with Crippen LogP contribution in [0.5, 0.6) is 0 Å². The van der Waals surface area contributed by atoms with Gasteiger partial charge in [0, 0.05) is 18.3 Å². The van der Waals surface area contributed by atoms with E-state index in [1.165, 1.54) is 22.3 Å². The summed E-state index contributed by atoms with van der Waals surface area (Å²) >= 11 is 0. The Kier molecular flexibility index (Phi) is 5.03. The van der Waals surface area contributed by atoms with Crippen molar-refractivity contribution in [1.29, 1.82) is 0 Å². The average molecular weight is 369 g/mol. The van der Waals surface area contributed by atoms with E-state index in [-0.39, 0.29) is 12.5 Å². The zero-order chi connectivity index (χ0) is 19.3. The summed E-state index contributed by atoms with van der Waals surface area (Å²) in [5.74, 6) is 6.52. The van der Waals surface area contributed by atoms with Crippen molar-refractivity contribution in [2.24, 2.45) is 0 Å². The number of nitrogens with zero attached hydrogens (tertiary/aromatic N) is 2. The summed E-state index contributed by atoms with van der Waals surface area (Å²) in [5.41, 5.74) is 5.50. The first kappa shape index (κ1) is 17.7. The molecule has 0 unspecified atom stereocenters. The van der Waals surface area contributed by atoms with Crippen LogP contribution in [0.2, 0.25) is 0 Å². The fraction of sp³-hybridized carbons (Fsp3) is 0.174. The molecule has 1 aromatic heterocycles. The molecule has 1 aliphatic carbocycles. The summed E-state index contributed by atoms with van der Waals surface area (Å²) in [5, 5.41) is 2.66. The minimum atomic E-state index is -0.476. The molecule has 5 heteroatoms. The molecule has 0 saturated heterocycles. The molecule has 28 heavy (non-hydrogen) atoms. The highest BCUT2D eigenvalue weighted by molar-refractivity contribution is 5.79. The monoisotopic (exact) mass is 369 g/mol. The van der Waals surface area contributed by atoms with Crippen LogP contribution in [0.25, 0.3) is 11.1 Å². The molecule has 5 nitrogen and oxygen atoms in total. The number of benzene rings is 2. The molecule has 0 fully saturated rings. The summed E-state index contributed by atoms with van der Waals surface area (Å²) < 4.78 is 5.47. The molecule has 1 aliphatic rings. The van der Waals surface area contributed by atoms with Crippen LogP contribution >= 0.6 is 0 Å². The number of fused-ring (bicyclic) bond motifs is 3. The Balaban J connectivity index is 1.35. The maximum absolute atomic E-state index is 12.1. The molecule has 0 atom stereocenters. The molecule has 0 aliphatic heterocycles. The largest absolute Gasteiger partial charge is 0.449 e. The van der Waals surface area contributed by atoms with E-state index in [4.69, 9.17) is 4.74 Å². The van der Waals surface area contributed by atoms with Crippen molar-refractivity contribution in [1.82, 2.24) is 15.3 Å². The van der Waals surface area contributed by atoms with Crippen molar-refractivity contribution < 1.29 is 9.53 Å². The van der Waals surface area contributed by atoms with Gasteiger partial charge in [0.15, 0.2) is 0 Å². The molecular weight excluding hydrogens is 350 g/mol. The van der Waals surface area contributed by atoms with Crippen LogP contribution in [0, 0.1) is 18.8 Å². The summed E-state index contributed by atoms with van der Waals surface area (Å²) in [6.45, 7) is 2.31. The normalized spacial score (nSPS) is 11.8. The van der Waals surface area contributed by atoms with Gasteiger partial charge in [0.2, 0.25) is 0 Å². The molecule has 1 N–H and O–H groups in total. The standard InChI is InChI=1S/C23H19N3O2/c1-16-25-13-17(14-26-16)7-6-12-24-23(27)28-15-22-20-10-4-2-8-18(20)19-9-3-5-11-21(19)22/h2-5,8-11,13-14,22H,12,15H2,1H3,(H,24,27). The van der Waals surface area contributed by atoms with Crippen molar-refractivity contribution in [3.05, 3.63) is 83.4 Å². The summed E-state index contributed by atoms with van der Waals surface area (Å²) in [6.07, 6.45) is 2.84.